The molecule has 0 saturated heterocycles. The molecule has 0 atom stereocenters. The molecule has 110 valence electrons. The van der Waals surface area contributed by atoms with Crippen LogP contribution < -0.4 is 0 Å². The van der Waals surface area contributed by atoms with Crippen LogP contribution in [0.5, 0.6) is 0 Å². The van der Waals surface area contributed by atoms with E-state index in [0.29, 0.717) is 0 Å². The Morgan fingerprint density at radius 2 is 1.37 bits per heavy atom. The van der Waals surface area contributed by atoms with E-state index in [1.807, 2.05) is 26.0 Å². The van der Waals surface area contributed by atoms with Crippen LogP contribution in [-0.2, 0) is 13.2 Å². The summed E-state index contributed by atoms with van der Waals surface area (Å²) in [5.41, 5.74) is 2.27. The first-order valence-electron chi connectivity index (χ1n) is 7.21. The van der Waals surface area contributed by atoms with Crippen molar-refractivity contribution in [3.05, 3.63) is 35.4 Å². The molecule has 1 N–H and O–H groups in total. The first-order chi connectivity index (χ1) is 9.15. The molecule has 0 aromatic heterocycles. The molecular formula is C16H30N2O. The van der Waals surface area contributed by atoms with E-state index >= 15 is 0 Å². The summed E-state index contributed by atoms with van der Waals surface area (Å²) in [6.45, 7) is 10.5. The average molecular weight is 266 g/mol. The Labute approximate surface area is 118 Å². The van der Waals surface area contributed by atoms with Crippen LogP contribution in [-0.4, -0.2) is 48.6 Å². The summed E-state index contributed by atoms with van der Waals surface area (Å²) in [6, 6.07) is 8.15. The second kappa shape index (κ2) is 11.0. The van der Waals surface area contributed by atoms with Crippen LogP contribution in [0.3, 0.4) is 0 Å². The maximum absolute atomic E-state index is 8.97. The van der Waals surface area contributed by atoms with Crippen molar-refractivity contribution in [3.63, 3.8) is 0 Å². The lowest BCUT2D eigenvalue weighted by atomic mass is 10.1. The van der Waals surface area contributed by atoms with Gasteiger partial charge in [0.15, 0.2) is 0 Å². The highest BCUT2D eigenvalue weighted by Gasteiger charge is 2.02. The zero-order chi connectivity index (χ0) is 14.7. The van der Waals surface area contributed by atoms with Crippen LogP contribution >= 0.6 is 0 Å². The number of hydrogen-bond acceptors (Lipinski definition) is 3. The monoisotopic (exact) mass is 266 g/mol. The van der Waals surface area contributed by atoms with Gasteiger partial charge < -0.3 is 14.9 Å². The van der Waals surface area contributed by atoms with E-state index in [2.05, 4.69) is 43.0 Å². The van der Waals surface area contributed by atoms with Gasteiger partial charge in [-0.1, -0.05) is 45.0 Å². The fourth-order valence-corrected chi connectivity index (χ4v) is 1.64. The Morgan fingerprint density at radius 1 is 0.895 bits per heavy atom. The minimum absolute atomic E-state index is 0.122. The quantitative estimate of drug-likeness (QED) is 0.822. The zero-order valence-corrected chi connectivity index (χ0v) is 13.2. The summed E-state index contributed by atoms with van der Waals surface area (Å²) in [6.07, 6.45) is 0. The van der Waals surface area contributed by atoms with Gasteiger partial charge in [-0.15, -0.1) is 0 Å². The number of hydrogen-bond donors (Lipinski definition) is 1. The summed E-state index contributed by atoms with van der Waals surface area (Å²) in [5, 5.41) is 8.97. The van der Waals surface area contributed by atoms with Crippen molar-refractivity contribution in [1.82, 2.24) is 9.80 Å². The molecule has 0 radical (unpaired) electrons. The Hall–Kier alpha value is -0.900. The second-order valence-corrected chi connectivity index (χ2v) is 4.61. The third kappa shape index (κ3) is 7.98. The Bertz CT molecular complexity index is 311. The van der Waals surface area contributed by atoms with Crippen molar-refractivity contribution < 1.29 is 5.11 Å². The smallest absolute Gasteiger partial charge is 0.0681 e. The molecule has 1 aromatic rings. The molecule has 0 spiro atoms. The molecule has 0 unspecified atom stereocenters. The molecule has 3 heteroatoms. The Kier molecular flexibility index (Phi) is 10.5. The predicted molar refractivity (Wildman–Crippen MR) is 83.2 cm³/mol. The van der Waals surface area contributed by atoms with Crippen molar-refractivity contribution in [2.75, 3.05) is 33.7 Å². The average Bonchev–Trinajstić information content (AvgIpc) is 2.47. The first kappa shape index (κ1) is 18.1. The summed E-state index contributed by atoms with van der Waals surface area (Å²) >= 11 is 0. The van der Waals surface area contributed by atoms with E-state index in [0.717, 1.165) is 31.7 Å². The molecule has 0 amide bonds. The lowest BCUT2D eigenvalue weighted by Gasteiger charge is -2.21. The molecule has 0 fully saturated rings. The van der Waals surface area contributed by atoms with Gasteiger partial charge in [0.05, 0.1) is 6.61 Å². The van der Waals surface area contributed by atoms with Crippen molar-refractivity contribution in [2.24, 2.45) is 0 Å². The number of nitrogens with zero attached hydrogens (tertiary/aromatic N) is 2. The number of benzene rings is 1. The molecular weight excluding hydrogens is 236 g/mol. The fourth-order valence-electron chi connectivity index (χ4n) is 1.64. The van der Waals surface area contributed by atoms with Gasteiger partial charge in [0.25, 0.3) is 0 Å². The van der Waals surface area contributed by atoms with E-state index < -0.39 is 0 Å². The molecule has 0 aliphatic heterocycles. The zero-order valence-electron chi connectivity index (χ0n) is 13.2. The summed E-state index contributed by atoms with van der Waals surface area (Å²) in [4.78, 5) is 4.63. The number of aliphatic hydroxyl groups excluding tert-OH is 1. The predicted octanol–water partition coefficient (Wildman–Crippen LogP) is 2.59. The molecule has 0 aliphatic rings. The van der Waals surface area contributed by atoms with Gasteiger partial charge in [-0.3, -0.25) is 0 Å². The molecule has 0 bridgehead atoms. The maximum atomic E-state index is 8.97. The van der Waals surface area contributed by atoms with E-state index in [4.69, 9.17) is 5.11 Å². The standard InChI is InChI=1S/C14H24N2O.C2H6/c1-4-15(2)9-10-16(3)11-13-5-7-14(12-17)8-6-13;1-2/h5-8,17H,4,9-12H2,1-3H3;1-2H3. The third-order valence-corrected chi connectivity index (χ3v) is 3.06. The highest BCUT2D eigenvalue weighted by atomic mass is 16.3. The normalized spacial score (nSPS) is 10.5. The van der Waals surface area contributed by atoms with Gasteiger partial charge in [0, 0.05) is 19.6 Å². The molecule has 1 aromatic carbocycles. The summed E-state index contributed by atoms with van der Waals surface area (Å²) < 4.78 is 0. The van der Waals surface area contributed by atoms with Gasteiger partial charge in [-0.2, -0.15) is 0 Å². The molecule has 3 nitrogen and oxygen atoms in total. The van der Waals surface area contributed by atoms with Gasteiger partial charge in [0.1, 0.15) is 0 Å². The van der Waals surface area contributed by atoms with Crippen molar-refractivity contribution in [3.8, 4) is 0 Å². The molecule has 0 aliphatic carbocycles. The van der Waals surface area contributed by atoms with Crippen LogP contribution in [0.1, 0.15) is 31.9 Å². The van der Waals surface area contributed by atoms with E-state index in [1.165, 1.54) is 5.56 Å². The minimum atomic E-state index is 0.122. The second-order valence-electron chi connectivity index (χ2n) is 4.61. The van der Waals surface area contributed by atoms with E-state index in [1.54, 1.807) is 0 Å². The van der Waals surface area contributed by atoms with Gasteiger partial charge in [-0.25, -0.2) is 0 Å². The highest BCUT2D eigenvalue weighted by Crippen LogP contribution is 2.06. The van der Waals surface area contributed by atoms with Crippen LogP contribution in [0.4, 0.5) is 0 Å². The number of aliphatic hydroxyl groups is 1. The highest BCUT2D eigenvalue weighted by molar-refractivity contribution is 5.21. The van der Waals surface area contributed by atoms with Gasteiger partial charge in [0.2, 0.25) is 0 Å². The van der Waals surface area contributed by atoms with E-state index in [9.17, 15) is 0 Å². The first-order valence-corrected chi connectivity index (χ1v) is 7.21. The Morgan fingerprint density at radius 3 is 1.84 bits per heavy atom. The molecule has 19 heavy (non-hydrogen) atoms. The topological polar surface area (TPSA) is 26.7 Å². The lowest BCUT2D eigenvalue weighted by Crippen LogP contribution is -2.30. The molecule has 0 heterocycles. The molecule has 1 rings (SSSR count). The van der Waals surface area contributed by atoms with Gasteiger partial charge in [-0.05, 0) is 31.8 Å². The van der Waals surface area contributed by atoms with Crippen molar-refractivity contribution in [2.45, 2.75) is 33.9 Å². The Balaban J connectivity index is 0.00000154. The third-order valence-electron chi connectivity index (χ3n) is 3.06. The number of likely N-dealkylation sites (N-methyl/N-ethyl adjacent to an activating group) is 2. The largest absolute Gasteiger partial charge is 0.392 e. The summed E-state index contributed by atoms with van der Waals surface area (Å²) in [7, 11) is 4.29. The molecule has 0 saturated carbocycles. The van der Waals surface area contributed by atoms with Crippen molar-refractivity contribution in [1.29, 1.82) is 0 Å². The van der Waals surface area contributed by atoms with Crippen LogP contribution in [0.25, 0.3) is 0 Å². The van der Waals surface area contributed by atoms with Crippen LogP contribution in [0, 0.1) is 0 Å². The fraction of sp³-hybridized carbons (Fsp3) is 0.625. The summed E-state index contributed by atoms with van der Waals surface area (Å²) in [5.74, 6) is 0. The van der Waals surface area contributed by atoms with Gasteiger partial charge >= 0.3 is 0 Å². The number of rotatable bonds is 7. The van der Waals surface area contributed by atoms with Crippen LogP contribution in [0.2, 0.25) is 0 Å². The maximum Gasteiger partial charge on any atom is 0.0681 e. The lowest BCUT2D eigenvalue weighted by molar-refractivity contribution is 0.258. The van der Waals surface area contributed by atoms with Crippen LogP contribution in [0.15, 0.2) is 24.3 Å². The minimum Gasteiger partial charge on any atom is -0.392 e. The SMILES string of the molecule is CC.CCN(C)CCN(C)Cc1ccc(CO)cc1. The van der Waals surface area contributed by atoms with E-state index in [-0.39, 0.29) is 6.61 Å². The van der Waals surface area contributed by atoms with Crippen molar-refractivity contribution >= 4 is 0 Å².